The van der Waals surface area contributed by atoms with Crippen LogP contribution in [0.15, 0.2) is 24.3 Å². The fourth-order valence-corrected chi connectivity index (χ4v) is 2.59. The van der Waals surface area contributed by atoms with Crippen LogP contribution in [-0.2, 0) is 9.53 Å². The van der Waals surface area contributed by atoms with Crippen LogP contribution in [0.25, 0.3) is 10.9 Å². The highest BCUT2D eigenvalue weighted by Crippen LogP contribution is 2.19. The summed E-state index contributed by atoms with van der Waals surface area (Å²) < 4.78 is 18.3. The van der Waals surface area contributed by atoms with E-state index >= 15 is 0 Å². The maximum atomic E-state index is 13.3. The molecule has 1 heterocycles. The Kier molecular flexibility index (Phi) is 5.14. The van der Waals surface area contributed by atoms with Crippen molar-refractivity contribution < 1.29 is 23.8 Å². The first kappa shape index (κ1) is 17.8. The summed E-state index contributed by atoms with van der Waals surface area (Å²) >= 11 is 0. The normalized spacial score (nSPS) is 13.5. The van der Waals surface area contributed by atoms with Crippen molar-refractivity contribution in [1.82, 2.24) is 10.3 Å². The summed E-state index contributed by atoms with van der Waals surface area (Å²) in [6.45, 7) is 3.29. The lowest BCUT2D eigenvalue weighted by Gasteiger charge is -2.28. The molecule has 0 bridgehead atoms. The van der Waals surface area contributed by atoms with Crippen LogP contribution >= 0.6 is 0 Å². The van der Waals surface area contributed by atoms with E-state index in [1.807, 2.05) is 0 Å². The summed E-state index contributed by atoms with van der Waals surface area (Å²) in [6.07, 6.45) is -0.280. The highest BCUT2D eigenvalue weighted by Gasteiger charge is 2.30. The summed E-state index contributed by atoms with van der Waals surface area (Å²) in [6, 6.07) is 5.74. The third-order valence-corrected chi connectivity index (χ3v) is 3.63. The summed E-state index contributed by atoms with van der Waals surface area (Å²) in [5.74, 6) is -1.90. The molecule has 7 heteroatoms. The monoisotopic (exact) mass is 334 g/mol. The maximum Gasteiger partial charge on any atom is 0.305 e. The number of fused-ring (bicyclic) bond motifs is 1. The van der Waals surface area contributed by atoms with E-state index in [0.717, 1.165) is 0 Å². The van der Waals surface area contributed by atoms with Gasteiger partial charge in [0, 0.05) is 18.6 Å². The summed E-state index contributed by atoms with van der Waals surface area (Å²) in [4.78, 5) is 27.8. The van der Waals surface area contributed by atoms with Crippen molar-refractivity contribution in [2.45, 2.75) is 25.8 Å². The molecule has 0 aliphatic heterocycles. The van der Waals surface area contributed by atoms with Crippen LogP contribution in [0.1, 0.15) is 29.4 Å². The first-order valence-corrected chi connectivity index (χ1v) is 7.34. The SMILES string of the molecule is COCC(C)(CC(=O)O)NC(=O)c1cc2ccc(F)cc2nc1C. The molecule has 128 valence electrons. The number of carboxylic acid groups (broad SMARTS) is 1. The largest absolute Gasteiger partial charge is 0.481 e. The number of aryl methyl sites for hydroxylation is 1. The van der Waals surface area contributed by atoms with Gasteiger partial charge in [0.15, 0.2) is 0 Å². The van der Waals surface area contributed by atoms with Crippen LogP contribution in [-0.4, -0.2) is 41.2 Å². The van der Waals surface area contributed by atoms with E-state index in [2.05, 4.69) is 10.3 Å². The third kappa shape index (κ3) is 4.05. The van der Waals surface area contributed by atoms with Gasteiger partial charge in [-0.1, -0.05) is 0 Å². The van der Waals surface area contributed by atoms with Crippen LogP contribution in [0.4, 0.5) is 4.39 Å². The molecular formula is C17H19FN2O4. The number of rotatable bonds is 6. The number of halogens is 1. The second-order valence-electron chi connectivity index (χ2n) is 5.98. The Morgan fingerprint density at radius 3 is 2.71 bits per heavy atom. The first-order valence-electron chi connectivity index (χ1n) is 7.34. The van der Waals surface area contributed by atoms with Gasteiger partial charge in [0.05, 0.1) is 35.3 Å². The molecule has 1 aromatic heterocycles. The van der Waals surface area contributed by atoms with E-state index < -0.39 is 23.2 Å². The number of nitrogens with zero attached hydrogens (tertiary/aromatic N) is 1. The molecule has 0 saturated heterocycles. The number of ether oxygens (including phenoxy) is 1. The molecule has 0 saturated carbocycles. The number of benzene rings is 1. The lowest BCUT2D eigenvalue weighted by atomic mass is 9.97. The standard InChI is InChI=1S/C17H19FN2O4/c1-10-13(6-11-4-5-12(18)7-14(11)19-10)16(23)20-17(2,9-24-3)8-15(21)22/h4-7H,8-9H2,1-3H3,(H,20,23)(H,21,22). The smallest absolute Gasteiger partial charge is 0.305 e. The van der Waals surface area contributed by atoms with Crippen LogP contribution in [0, 0.1) is 12.7 Å². The number of pyridine rings is 1. The van der Waals surface area contributed by atoms with E-state index in [0.29, 0.717) is 22.2 Å². The van der Waals surface area contributed by atoms with Gasteiger partial charge >= 0.3 is 5.97 Å². The molecule has 1 unspecified atom stereocenters. The fourth-order valence-electron chi connectivity index (χ4n) is 2.59. The lowest BCUT2D eigenvalue weighted by Crippen LogP contribution is -2.50. The highest BCUT2D eigenvalue weighted by atomic mass is 19.1. The second kappa shape index (κ2) is 6.92. The van der Waals surface area contributed by atoms with E-state index in [9.17, 15) is 14.0 Å². The van der Waals surface area contributed by atoms with Gasteiger partial charge in [0.25, 0.3) is 5.91 Å². The predicted molar refractivity (Wildman–Crippen MR) is 86.4 cm³/mol. The molecule has 0 fully saturated rings. The molecule has 0 radical (unpaired) electrons. The third-order valence-electron chi connectivity index (χ3n) is 3.63. The number of nitrogens with one attached hydrogen (secondary N) is 1. The molecule has 2 N–H and O–H groups in total. The fraction of sp³-hybridized carbons (Fsp3) is 0.353. The molecule has 0 spiro atoms. The minimum atomic E-state index is -1.05. The topological polar surface area (TPSA) is 88.5 Å². The lowest BCUT2D eigenvalue weighted by molar-refractivity contribution is -0.139. The molecular weight excluding hydrogens is 315 g/mol. The van der Waals surface area contributed by atoms with Crippen molar-refractivity contribution in [3.8, 4) is 0 Å². The average molecular weight is 334 g/mol. The molecule has 0 aliphatic rings. The Hall–Kier alpha value is -2.54. The van der Waals surface area contributed by atoms with E-state index in [-0.39, 0.29) is 13.0 Å². The van der Waals surface area contributed by atoms with E-state index in [1.54, 1.807) is 26.0 Å². The van der Waals surface area contributed by atoms with Gasteiger partial charge in [-0.2, -0.15) is 0 Å². The van der Waals surface area contributed by atoms with Gasteiger partial charge in [-0.25, -0.2) is 4.39 Å². The molecule has 1 amide bonds. The van der Waals surface area contributed by atoms with Gasteiger partial charge in [-0.3, -0.25) is 14.6 Å². The summed E-state index contributed by atoms with van der Waals surface area (Å²) in [7, 11) is 1.43. The van der Waals surface area contributed by atoms with Crippen molar-refractivity contribution in [3.05, 3.63) is 41.3 Å². The Morgan fingerprint density at radius 1 is 1.38 bits per heavy atom. The number of aromatic nitrogens is 1. The minimum absolute atomic E-state index is 0.0519. The highest BCUT2D eigenvalue weighted by molar-refractivity contribution is 5.99. The minimum Gasteiger partial charge on any atom is -0.481 e. The predicted octanol–water partition coefficient (Wildman–Crippen LogP) is 2.29. The molecule has 1 aromatic carbocycles. The van der Waals surface area contributed by atoms with Crippen molar-refractivity contribution in [1.29, 1.82) is 0 Å². The Morgan fingerprint density at radius 2 is 2.08 bits per heavy atom. The Bertz CT molecular complexity index is 793. The number of methoxy groups -OCH3 is 1. The van der Waals surface area contributed by atoms with Gasteiger partial charge in [-0.05, 0) is 32.0 Å². The van der Waals surface area contributed by atoms with Crippen LogP contribution in [0.3, 0.4) is 0 Å². The molecule has 24 heavy (non-hydrogen) atoms. The van der Waals surface area contributed by atoms with Crippen molar-refractivity contribution in [2.75, 3.05) is 13.7 Å². The maximum absolute atomic E-state index is 13.3. The zero-order valence-electron chi connectivity index (χ0n) is 13.7. The van der Waals surface area contributed by atoms with Crippen LogP contribution < -0.4 is 5.32 Å². The number of hydrogen-bond donors (Lipinski definition) is 2. The molecule has 2 rings (SSSR count). The first-order chi connectivity index (χ1) is 11.2. The van der Waals surface area contributed by atoms with Crippen molar-refractivity contribution in [3.63, 3.8) is 0 Å². The van der Waals surface area contributed by atoms with Crippen molar-refractivity contribution >= 4 is 22.8 Å². The molecule has 0 aliphatic carbocycles. The molecule has 1 atom stereocenters. The number of carbonyl (C=O) groups is 2. The van der Waals surface area contributed by atoms with Gasteiger partial charge < -0.3 is 15.2 Å². The zero-order chi connectivity index (χ0) is 17.9. The molecule has 6 nitrogen and oxygen atoms in total. The summed E-state index contributed by atoms with van der Waals surface area (Å²) in [5.41, 5.74) is 0.138. The number of amides is 1. The zero-order valence-corrected chi connectivity index (χ0v) is 13.7. The molecule has 2 aromatic rings. The summed E-state index contributed by atoms with van der Waals surface area (Å²) in [5, 5.41) is 12.4. The number of carbonyl (C=O) groups excluding carboxylic acids is 1. The number of hydrogen-bond acceptors (Lipinski definition) is 4. The second-order valence-corrected chi connectivity index (χ2v) is 5.98. The van der Waals surface area contributed by atoms with E-state index in [4.69, 9.17) is 9.84 Å². The number of carboxylic acids is 1. The van der Waals surface area contributed by atoms with Crippen molar-refractivity contribution in [2.24, 2.45) is 0 Å². The van der Waals surface area contributed by atoms with E-state index in [1.165, 1.54) is 19.2 Å². The Balaban J connectivity index is 2.34. The van der Waals surface area contributed by atoms with Crippen LogP contribution in [0.2, 0.25) is 0 Å². The van der Waals surface area contributed by atoms with Gasteiger partial charge in [-0.15, -0.1) is 0 Å². The average Bonchev–Trinajstić information content (AvgIpc) is 2.45. The van der Waals surface area contributed by atoms with Crippen LogP contribution in [0.5, 0.6) is 0 Å². The van der Waals surface area contributed by atoms with Gasteiger partial charge in [0.2, 0.25) is 0 Å². The Labute approximate surface area is 138 Å². The number of aliphatic carboxylic acids is 1. The quantitative estimate of drug-likeness (QED) is 0.846. The van der Waals surface area contributed by atoms with Gasteiger partial charge in [0.1, 0.15) is 5.82 Å².